The van der Waals surface area contributed by atoms with Crippen LogP contribution in [0.2, 0.25) is 0 Å². The third-order valence-electron chi connectivity index (χ3n) is 5.60. The zero-order valence-corrected chi connectivity index (χ0v) is 19.2. The van der Waals surface area contributed by atoms with Gasteiger partial charge in [-0.2, -0.15) is 0 Å². The molecule has 170 valence electrons. The number of carboxylic acid groups (broad SMARTS) is 1. The first kappa shape index (κ1) is 26.2. The number of hydrogen-bond donors (Lipinski definition) is 2. The van der Waals surface area contributed by atoms with E-state index in [9.17, 15) is 14.7 Å². The van der Waals surface area contributed by atoms with Gasteiger partial charge in [0.25, 0.3) is 0 Å². The Balaban J connectivity index is 1.99. The van der Waals surface area contributed by atoms with E-state index in [1.807, 2.05) is 30.3 Å². The zero-order valence-electron chi connectivity index (χ0n) is 19.2. The highest BCUT2D eigenvalue weighted by atomic mass is 16.4. The first-order chi connectivity index (χ1) is 14.5. The van der Waals surface area contributed by atoms with Crippen LogP contribution in [0.15, 0.2) is 30.3 Å². The molecule has 1 atom stereocenters. The van der Waals surface area contributed by atoms with Crippen LogP contribution in [0.3, 0.4) is 0 Å². The lowest BCUT2D eigenvalue weighted by Gasteiger charge is -2.14. The van der Waals surface area contributed by atoms with E-state index in [0.29, 0.717) is 12.8 Å². The van der Waals surface area contributed by atoms with E-state index in [0.717, 1.165) is 30.7 Å². The van der Waals surface area contributed by atoms with Crippen LogP contribution >= 0.6 is 0 Å². The maximum atomic E-state index is 12.1. The van der Waals surface area contributed by atoms with Gasteiger partial charge < -0.3 is 10.4 Å². The molecule has 0 spiro atoms. The van der Waals surface area contributed by atoms with Crippen LogP contribution in [0.25, 0.3) is 0 Å². The molecule has 0 fully saturated rings. The molecule has 2 N–H and O–H groups in total. The van der Waals surface area contributed by atoms with Crippen LogP contribution in [-0.2, 0) is 16.0 Å². The molecular formula is C26H43NO3. The molecule has 0 aromatic heterocycles. The molecule has 0 saturated heterocycles. The van der Waals surface area contributed by atoms with Crippen LogP contribution in [-0.4, -0.2) is 23.0 Å². The molecular weight excluding hydrogens is 374 g/mol. The molecule has 1 aromatic carbocycles. The topological polar surface area (TPSA) is 66.4 Å². The average Bonchev–Trinajstić information content (AvgIpc) is 2.71. The van der Waals surface area contributed by atoms with Gasteiger partial charge in [-0.05, 0) is 17.9 Å². The van der Waals surface area contributed by atoms with E-state index in [1.165, 1.54) is 57.8 Å². The number of carboxylic acids is 1. The van der Waals surface area contributed by atoms with Crippen molar-refractivity contribution in [3.63, 3.8) is 0 Å². The number of carbonyl (C=O) groups is 2. The second kappa shape index (κ2) is 16.9. The monoisotopic (exact) mass is 417 g/mol. The van der Waals surface area contributed by atoms with Crippen molar-refractivity contribution in [1.82, 2.24) is 5.32 Å². The van der Waals surface area contributed by atoms with Crippen molar-refractivity contribution in [2.45, 2.75) is 110 Å². The van der Waals surface area contributed by atoms with Crippen LogP contribution in [0.1, 0.15) is 103 Å². The molecule has 1 aromatic rings. The standard InChI is InChI=1S/C26H43NO3/c1-22(2)17-13-10-8-6-4-3-5-7-9-11-16-20-25(28)27-24(26(29)30)21-23-18-14-12-15-19-23/h12,14-15,18-19,22,24H,3-11,13,16-17,20-21H2,1-2H3,(H,27,28)(H,29,30)/t24-/m0/s1. The lowest BCUT2D eigenvalue weighted by Crippen LogP contribution is -2.42. The van der Waals surface area contributed by atoms with E-state index in [4.69, 9.17) is 0 Å². The maximum absolute atomic E-state index is 12.1. The smallest absolute Gasteiger partial charge is 0.326 e. The number of aliphatic carboxylic acids is 1. The normalized spacial score (nSPS) is 12.1. The Kier molecular flexibility index (Phi) is 14.8. The third kappa shape index (κ3) is 14.2. The Bertz CT molecular complexity index is 571. The first-order valence-corrected chi connectivity index (χ1v) is 12.0. The van der Waals surface area contributed by atoms with Gasteiger partial charge in [0.1, 0.15) is 6.04 Å². The van der Waals surface area contributed by atoms with Gasteiger partial charge in [0.15, 0.2) is 0 Å². The molecule has 30 heavy (non-hydrogen) atoms. The van der Waals surface area contributed by atoms with Crippen LogP contribution < -0.4 is 5.32 Å². The average molecular weight is 418 g/mol. The summed E-state index contributed by atoms with van der Waals surface area (Å²) >= 11 is 0. The minimum absolute atomic E-state index is 0.157. The molecule has 0 unspecified atom stereocenters. The molecule has 0 aliphatic rings. The Morgan fingerprint density at radius 2 is 1.30 bits per heavy atom. The number of amides is 1. The molecule has 4 heteroatoms. The summed E-state index contributed by atoms with van der Waals surface area (Å²) in [5, 5.41) is 12.0. The Labute approximate surface area is 183 Å². The molecule has 1 rings (SSSR count). The van der Waals surface area contributed by atoms with E-state index in [1.54, 1.807) is 0 Å². The molecule has 0 saturated carbocycles. The van der Waals surface area contributed by atoms with E-state index in [2.05, 4.69) is 19.2 Å². The van der Waals surface area contributed by atoms with Crippen molar-refractivity contribution < 1.29 is 14.7 Å². The fourth-order valence-electron chi connectivity index (χ4n) is 3.75. The van der Waals surface area contributed by atoms with Crippen molar-refractivity contribution in [2.75, 3.05) is 0 Å². The predicted molar refractivity (Wildman–Crippen MR) is 125 cm³/mol. The summed E-state index contributed by atoms with van der Waals surface area (Å²) in [6.07, 6.45) is 15.8. The van der Waals surface area contributed by atoms with Gasteiger partial charge in [-0.25, -0.2) is 4.79 Å². The summed E-state index contributed by atoms with van der Waals surface area (Å²) in [6.45, 7) is 4.59. The number of unbranched alkanes of at least 4 members (excludes halogenated alkanes) is 10. The number of rotatable bonds is 18. The Morgan fingerprint density at radius 1 is 0.800 bits per heavy atom. The summed E-state index contributed by atoms with van der Waals surface area (Å²) < 4.78 is 0. The Morgan fingerprint density at radius 3 is 1.80 bits per heavy atom. The summed E-state index contributed by atoms with van der Waals surface area (Å²) in [5.41, 5.74) is 0.917. The number of nitrogens with one attached hydrogen (secondary N) is 1. The summed E-state index contributed by atoms with van der Waals surface area (Å²) in [6, 6.07) is 8.57. The highest BCUT2D eigenvalue weighted by Gasteiger charge is 2.19. The first-order valence-electron chi connectivity index (χ1n) is 12.0. The maximum Gasteiger partial charge on any atom is 0.326 e. The largest absolute Gasteiger partial charge is 0.480 e. The van der Waals surface area contributed by atoms with E-state index in [-0.39, 0.29) is 5.91 Å². The molecule has 0 aliphatic heterocycles. The lowest BCUT2D eigenvalue weighted by atomic mass is 10.0. The van der Waals surface area contributed by atoms with Gasteiger partial charge in [-0.3, -0.25) is 4.79 Å². The molecule has 0 heterocycles. The minimum Gasteiger partial charge on any atom is -0.480 e. The summed E-state index contributed by atoms with van der Waals surface area (Å²) in [4.78, 5) is 23.5. The van der Waals surface area contributed by atoms with Gasteiger partial charge in [0, 0.05) is 12.8 Å². The van der Waals surface area contributed by atoms with Crippen molar-refractivity contribution in [3.8, 4) is 0 Å². The van der Waals surface area contributed by atoms with E-state index < -0.39 is 12.0 Å². The molecule has 1 amide bonds. The molecule has 0 bridgehead atoms. The van der Waals surface area contributed by atoms with Crippen LogP contribution in [0.4, 0.5) is 0 Å². The second-order valence-electron chi connectivity index (χ2n) is 8.97. The van der Waals surface area contributed by atoms with E-state index >= 15 is 0 Å². The van der Waals surface area contributed by atoms with Gasteiger partial charge in [-0.1, -0.05) is 115 Å². The van der Waals surface area contributed by atoms with Gasteiger partial charge >= 0.3 is 5.97 Å². The molecule has 0 aliphatic carbocycles. The number of benzene rings is 1. The zero-order chi connectivity index (χ0) is 22.0. The SMILES string of the molecule is CC(C)CCCCCCCCCCCCCC(=O)N[C@@H](Cc1ccccc1)C(=O)O. The predicted octanol–water partition coefficient (Wildman–Crippen LogP) is 6.53. The lowest BCUT2D eigenvalue weighted by molar-refractivity contribution is -0.141. The fraction of sp³-hybridized carbons (Fsp3) is 0.692. The highest BCUT2D eigenvalue weighted by molar-refractivity contribution is 5.83. The third-order valence-corrected chi connectivity index (χ3v) is 5.60. The van der Waals surface area contributed by atoms with Crippen molar-refractivity contribution in [3.05, 3.63) is 35.9 Å². The summed E-state index contributed by atoms with van der Waals surface area (Å²) in [7, 11) is 0. The second-order valence-corrected chi connectivity index (χ2v) is 8.97. The van der Waals surface area contributed by atoms with Gasteiger partial charge in [-0.15, -0.1) is 0 Å². The quantitative estimate of drug-likeness (QED) is 0.267. The van der Waals surface area contributed by atoms with Crippen molar-refractivity contribution in [2.24, 2.45) is 5.92 Å². The van der Waals surface area contributed by atoms with Gasteiger partial charge in [0.05, 0.1) is 0 Å². The Hall–Kier alpha value is -1.84. The molecule has 0 radical (unpaired) electrons. The minimum atomic E-state index is -0.980. The van der Waals surface area contributed by atoms with Crippen LogP contribution in [0.5, 0.6) is 0 Å². The number of carbonyl (C=O) groups excluding carboxylic acids is 1. The fourth-order valence-corrected chi connectivity index (χ4v) is 3.75. The van der Waals surface area contributed by atoms with Crippen LogP contribution in [0, 0.1) is 5.92 Å². The van der Waals surface area contributed by atoms with Gasteiger partial charge in [0.2, 0.25) is 5.91 Å². The summed E-state index contributed by atoms with van der Waals surface area (Å²) in [5.74, 6) is -0.299. The number of hydrogen-bond acceptors (Lipinski definition) is 2. The van der Waals surface area contributed by atoms with Crippen molar-refractivity contribution in [1.29, 1.82) is 0 Å². The van der Waals surface area contributed by atoms with Crippen molar-refractivity contribution >= 4 is 11.9 Å². The highest BCUT2D eigenvalue weighted by Crippen LogP contribution is 2.14. The molecule has 4 nitrogen and oxygen atoms in total.